The monoisotopic (exact) mass is 353 g/mol. The molecule has 0 unspecified atom stereocenters. The number of hydrogen-bond acceptors (Lipinski definition) is 4. The quantitative estimate of drug-likeness (QED) is 0.919. The highest BCUT2D eigenvalue weighted by Gasteiger charge is 2.32. The van der Waals surface area contributed by atoms with Crippen LogP contribution in [-0.2, 0) is 13.2 Å². The van der Waals surface area contributed by atoms with Gasteiger partial charge in [0.2, 0.25) is 0 Å². The van der Waals surface area contributed by atoms with E-state index in [4.69, 9.17) is 0 Å². The molecule has 3 rings (SSSR count). The number of hydrogen-bond donors (Lipinski definition) is 1. The van der Waals surface area contributed by atoms with Gasteiger partial charge in [0.05, 0.1) is 11.9 Å². The number of halogens is 3. The second-order valence-corrected chi connectivity index (χ2v) is 6.01. The summed E-state index contributed by atoms with van der Waals surface area (Å²) in [5, 5.41) is 7.00. The molecule has 25 heavy (non-hydrogen) atoms. The molecule has 3 heterocycles. The number of alkyl halides is 3. The Bertz CT molecular complexity index is 733. The summed E-state index contributed by atoms with van der Waals surface area (Å²) >= 11 is 0. The lowest BCUT2D eigenvalue weighted by Crippen LogP contribution is -2.44. The van der Waals surface area contributed by atoms with Gasteiger partial charge < -0.3 is 10.2 Å². The molecular formula is C16H18F3N5O. The molecule has 0 atom stereocenters. The maximum atomic E-state index is 12.6. The van der Waals surface area contributed by atoms with Crippen LogP contribution in [0.3, 0.4) is 0 Å². The molecular weight excluding hydrogens is 335 g/mol. The van der Waals surface area contributed by atoms with Crippen molar-refractivity contribution in [3.05, 3.63) is 42.0 Å². The summed E-state index contributed by atoms with van der Waals surface area (Å²) in [5.41, 5.74) is 0.133. The third-order valence-corrected chi connectivity index (χ3v) is 4.18. The molecule has 1 aliphatic rings. The van der Waals surface area contributed by atoms with E-state index in [9.17, 15) is 18.0 Å². The third-order valence-electron chi connectivity index (χ3n) is 4.18. The van der Waals surface area contributed by atoms with Crippen LogP contribution in [0.1, 0.15) is 29.0 Å². The van der Waals surface area contributed by atoms with Crippen molar-refractivity contribution in [3.8, 4) is 0 Å². The molecule has 0 spiro atoms. The number of nitrogens with one attached hydrogen (secondary N) is 1. The Morgan fingerprint density at radius 2 is 1.96 bits per heavy atom. The van der Waals surface area contributed by atoms with Gasteiger partial charge in [-0.15, -0.1) is 0 Å². The molecule has 134 valence electrons. The normalized spacial score (nSPS) is 16.1. The first-order chi connectivity index (χ1) is 11.8. The second-order valence-electron chi connectivity index (χ2n) is 6.01. The minimum Gasteiger partial charge on any atom is -0.370 e. The number of pyridine rings is 1. The Balaban J connectivity index is 1.54. The van der Waals surface area contributed by atoms with Gasteiger partial charge in [0, 0.05) is 32.4 Å². The van der Waals surface area contributed by atoms with Gasteiger partial charge in [-0.25, -0.2) is 4.98 Å². The third kappa shape index (κ3) is 4.09. The first-order valence-electron chi connectivity index (χ1n) is 7.91. The number of aromatic nitrogens is 3. The minimum absolute atomic E-state index is 0.0214. The van der Waals surface area contributed by atoms with Crippen LogP contribution in [0.5, 0.6) is 0 Å². The Morgan fingerprint density at radius 1 is 1.24 bits per heavy atom. The van der Waals surface area contributed by atoms with E-state index in [2.05, 4.69) is 15.4 Å². The molecule has 2 aromatic heterocycles. The van der Waals surface area contributed by atoms with Crippen LogP contribution in [0.4, 0.5) is 18.9 Å². The van der Waals surface area contributed by atoms with Crippen LogP contribution in [0.25, 0.3) is 0 Å². The number of anilines is 1. The number of carbonyl (C=O) groups excluding carboxylic acids is 1. The van der Waals surface area contributed by atoms with Gasteiger partial charge in [-0.3, -0.25) is 9.48 Å². The first kappa shape index (κ1) is 17.2. The van der Waals surface area contributed by atoms with Crippen LogP contribution in [0, 0.1) is 0 Å². The molecule has 1 amide bonds. The zero-order valence-electron chi connectivity index (χ0n) is 13.6. The summed E-state index contributed by atoms with van der Waals surface area (Å²) in [4.78, 5) is 17.5. The summed E-state index contributed by atoms with van der Waals surface area (Å²) < 4.78 is 39.2. The van der Waals surface area contributed by atoms with E-state index in [-0.39, 0.29) is 11.9 Å². The van der Waals surface area contributed by atoms with Gasteiger partial charge in [-0.2, -0.15) is 18.3 Å². The summed E-state index contributed by atoms with van der Waals surface area (Å²) in [7, 11) is 1.74. The van der Waals surface area contributed by atoms with Crippen LogP contribution in [-0.4, -0.2) is 39.8 Å². The van der Waals surface area contributed by atoms with Crippen molar-refractivity contribution in [2.75, 3.05) is 18.0 Å². The van der Waals surface area contributed by atoms with Crippen molar-refractivity contribution in [3.63, 3.8) is 0 Å². The minimum atomic E-state index is -4.43. The summed E-state index contributed by atoms with van der Waals surface area (Å²) in [6, 6.07) is 4.10. The maximum absolute atomic E-state index is 12.6. The summed E-state index contributed by atoms with van der Waals surface area (Å²) in [5.74, 6) is -0.213. The predicted molar refractivity (Wildman–Crippen MR) is 85.1 cm³/mol. The zero-order valence-corrected chi connectivity index (χ0v) is 13.6. The Labute approximate surface area is 142 Å². The van der Waals surface area contributed by atoms with Crippen LogP contribution in [0.15, 0.2) is 30.6 Å². The molecule has 0 aliphatic carbocycles. The number of rotatable bonds is 3. The Hall–Kier alpha value is -2.58. The van der Waals surface area contributed by atoms with Crippen molar-refractivity contribution in [1.82, 2.24) is 20.1 Å². The van der Waals surface area contributed by atoms with Crippen LogP contribution < -0.4 is 10.2 Å². The van der Waals surface area contributed by atoms with E-state index < -0.39 is 11.9 Å². The fourth-order valence-electron chi connectivity index (χ4n) is 2.82. The average molecular weight is 353 g/mol. The molecule has 0 bridgehead atoms. The summed E-state index contributed by atoms with van der Waals surface area (Å²) in [6.07, 6.45) is -0.0643. The largest absolute Gasteiger partial charge is 0.433 e. The van der Waals surface area contributed by atoms with E-state index >= 15 is 0 Å². The number of aryl methyl sites for hydroxylation is 1. The number of nitrogens with zero attached hydrogens (tertiary/aromatic N) is 4. The number of carbonyl (C=O) groups is 1. The van der Waals surface area contributed by atoms with Crippen molar-refractivity contribution in [2.45, 2.75) is 25.1 Å². The molecule has 6 nitrogen and oxygen atoms in total. The maximum Gasteiger partial charge on any atom is 0.433 e. The van der Waals surface area contributed by atoms with Gasteiger partial charge in [0.15, 0.2) is 0 Å². The molecule has 0 aromatic carbocycles. The number of amides is 1. The average Bonchev–Trinajstić information content (AvgIpc) is 3.02. The highest BCUT2D eigenvalue weighted by atomic mass is 19.4. The smallest absolute Gasteiger partial charge is 0.370 e. The fraction of sp³-hybridized carbons (Fsp3) is 0.438. The Kier molecular flexibility index (Phi) is 4.65. The zero-order chi connectivity index (χ0) is 18.0. The first-order valence-corrected chi connectivity index (χ1v) is 7.91. The van der Waals surface area contributed by atoms with Gasteiger partial charge in [0.1, 0.15) is 11.4 Å². The lowest BCUT2D eigenvalue weighted by molar-refractivity contribution is -0.141. The molecule has 0 saturated carbocycles. The van der Waals surface area contributed by atoms with Crippen molar-refractivity contribution < 1.29 is 18.0 Å². The molecule has 1 fully saturated rings. The SMILES string of the molecule is Cn1ccc(C(=O)NC2CCN(c3ccc(C(F)(F)F)nc3)CC2)n1. The van der Waals surface area contributed by atoms with Gasteiger partial charge in [-0.1, -0.05) is 0 Å². The fourth-order valence-corrected chi connectivity index (χ4v) is 2.82. The van der Waals surface area contributed by atoms with E-state index in [1.54, 1.807) is 24.0 Å². The van der Waals surface area contributed by atoms with E-state index in [0.717, 1.165) is 6.07 Å². The van der Waals surface area contributed by atoms with E-state index in [1.807, 2.05) is 4.90 Å². The number of piperidine rings is 1. The lowest BCUT2D eigenvalue weighted by atomic mass is 10.0. The molecule has 1 aliphatic heterocycles. The predicted octanol–water partition coefficient (Wildman–Crippen LogP) is 2.23. The van der Waals surface area contributed by atoms with Gasteiger partial charge >= 0.3 is 6.18 Å². The van der Waals surface area contributed by atoms with Crippen molar-refractivity contribution in [1.29, 1.82) is 0 Å². The standard InChI is InChI=1S/C16H18F3N5O/c1-23-7-6-13(22-23)15(25)21-11-4-8-24(9-5-11)12-2-3-14(20-10-12)16(17,18)19/h2-3,6-7,10-11H,4-5,8-9H2,1H3,(H,21,25). The highest BCUT2D eigenvalue weighted by Crippen LogP contribution is 2.29. The molecule has 0 radical (unpaired) electrons. The van der Waals surface area contributed by atoms with Crippen molar-refractivity contribution in [2.24, 2.45) is 7.05 Å². The summed E-state index contributed by atoms with van der Waals surface area (Å²) in [6.45, 7) is 1.28. The molecule has 1 N–H and O–H groups in total. The Morgan fingerprint density at radius 3 is 2.48 bits per heavy atom. The van der Waals surface area contributed by atoms with Crippen molar-refractivity contribution >= 4 is 11.6 Å². The topological polar surface area (TPSA) is 63.1 Å². The van der Waals surface area contributed by atoms with E-state index in [1.165, 1.54) is 12.3 Å². The van der Waals surface area contributed by atoms with Crippen LogP contribution >= 0.6 is 0 Å². The second kappa shape index (κ2) is 6.73. The lowest BCUT2D eigenvalue weighted by Gasteiger charge is -2.33. The highest BCUT2D eigenvalue weighted by molar-refractivity contribution is 5.92. The van der Waals surface area contributed by atoms with Gasteiger partial charge in [-0.05, 0) is 31.0 Å². The van der Waals surface area contributed by atoms with Crippen LogP contribution in [0.2, 0.25) is 0 Å². The molecule has 1 saturated heterocycles. The molecule has 2 aromatic rings. The molecule has 9 heteroatoms. The van der Waals surface area contributed by atoms with Gasteiger partial charge in [0.25, 0.3) is 5.91 Å². The van der Waals surface area contributed by atoms with E-state index in [0.29, 0.717) is 37.3 Å².